The predicted octanol–water partition coefficient (Wildman–Crippen LogP) is 2.46. The van der Waals surface area contributed by atoms with E-state index in [1.165, 1.54) is 45.6 Å². The molecule has 2 aromatic rings. The predicted molar refractivity (Wildman–Crippen MR) is 164 cm³/mol. The molecule has 0 aliphatic carbocycles. The van der Waals surface area contributed by atoms with Crippen LogP contribution < -0.4 is 10.0 Å². The lowest BCUT2D eigenvalue weighted by atomic mass is 9.84. The lowest BCUT2D eigenvalue weighted by Crippen LogP contribution is -2.50. The van der Waals surface area contributed by atoms with Crippen LogP contribution in [0.1, 0.15) is 37.5 Å². The molecular formula is C29H33F4N5O8S2. The third kappa shape index (κ3) is 7.86. The van der Waals surface area contributed by atoms with Crippen LogP contribution in [0.4, 0.5) is 17.6 Å². The summed E-state index contributed by atoms with van der Waals surface area (Å²) in [6.45, 7) is 6.84. The number of sulfonamides is 1. The summed E-state index contributed by atoms with van der Waals surface area (Å²) >= 11 is 0. The largest absolute Gasteiger partial charge is 0.509 e. The summed E-state index contributed by atoms with van der Waals surface area (Å²) in [7, 11) is -8.19. The number of aliphatic hydroxyl groups is 1. The summed E-state index contributed by atoms with van der Waals surface area (Å²) < 4.78 is 105. The third-order valence-corrected chi connectivity index (χ3v) is 10.5. The first-order valence-corrected chi connectivity index (χ1v) is 17.2. The summed E-state index contributed by atoms with van der Waals surface area (Å²) in [6.07, 6.45) is -5.08. The number of carbonyl (C=O) groups excluding carboxylic acids is 1. The molecule has 1 atom stereocenters. The molecule has 3 aliphatic rings. The van der Waals surface area contributed by atoms with Crippen LogP contribution >= 0.6 is 0 Å². The first-order valence-electron chi connectivity index (χ1n) is 14.4. The fourth-order valence-corrected chi connectivity index (χ4v) is 8.08. The number of hydrogen-bond acceptors (Lipinski definition) is 8. The molecule has 5 rings (SSSR count). The number of nitrogens with one attached hydrogen (secondary N) is 2. The van der Waals surface area contributed by atoms with Crippen molar-refractivity contribution in [3.05, 3.63) is 76.3 Å². The van der Waals surface area contributed by atoms with Crippen molar-refractivity contribution in [1.82, 2.24) is 19.2 Å². The number of rotatable bonds is 7. The van der Waals surface area contributed by atoms with Crippen LogP contribution in [-0.2, 0) is 42.9 Å². The Bertz CT molecular complexity index is 1870. The summed E-state index contributed by atoms with van der Waals surface area (Å²) in [5.41, 5.74) is -0.162. The molecule has 48 heavy (non-hydrogen) atoms. The van der Waals surface area contributed by atoms with Crippen molar-refractivity contribution in [2.45, 2.75) is 51.0 Å². The zero-order valence-corrected chi connectivity index (χ0v) is 27.5. The van der Waals surface area contributed by atoms with Crippen molar-refractivity contribution in [2.24, 2.45) is 9.81 Å². The van der Waals surface area contributed by atoms with Gasteiger partial charge >= 0.3 is 12.1 Å². The molecule has 1 fully saturated rings. The van der Waals surface area contributed by atoms with E-state index in [0.717, 1.165) is 0 Å². The van der Waals surface area contributed by atoms with Gasteiger partial charge in [0.05, 0.1) is 6.04 Å². The number of carbonyl (C=O) groups is 2. The Morgan fingerprint density at radius 1 is 1.08 bits per heavy atom. The van der Waals surface area contributed by atoms with Crippen molar-refractivity contribution in [3.8, 4) is 0 Å². The highest BCUT2D eigenvalue weighted by atomic mass is 32.2. The monoisotopic (exact) mass is 719 g/mol. The lowest BCUT2D eigenvalue weighted by Gasteiger charge is -2.35. The van der Waals surface area contributed by atoms with Crippen LogP contribution in [0.5, 0.6) is 0 Å². The molecule has 1 amide bonds. The van der Waals surface area contributed by atoms with E-state index in [0.29, 0.717) is 18.7 Å². The maximum absolute atomic E-state index is 13.8. The van der Waals surface area contributed by atoms with Crippen LogP contribution in [0.2, 0.25) is 0 Å². The van der Waals surface area contributed by atoms with Gasteiger partial charge in [0.2, 0.25) is 0 Å². The van der Waals surface area contributed by atoms with Gasteiger partial charge in [0.25, 0.3) is 26.1 Å². The summed E-state index contributed by atoms with van der Waals surface area (Å²) in [6, 6.07) is 9.34. The van der Waals surface area contributed by atoms with Gasteiger partial charge in [0.15, 0.2) is 0 Å². The normalized spacial score (nSPS) is 19.9. The molecule has 0 radical (unpaired) electrons. The molecule has 0 unspecified atom stereocenters. The van der Waals surface area contributed by atoms with Crippen molar-refractivity contribution < 1.29 is 54.2 Å². The molecule has 13 nitrogen and oxygen atoms in total. The Labute approximate surface area is 274 Å². The molecule has 0 spiro atoms. The van der Waals surface area contributed by atoms with Gasteiger partial charge in [-0.25, -0.2) is 9.18 Å². The number of carboxylic acid groups (broad SMARTS) is 1. The van der Waals surface area contributed by atoms with E-state index in [4.69, 9.17) is 9.90 Å². The van der Waals surface area contributed by atoms with Gasteiger partial charge in [0, 0.05) is 44.8 Å². The van der Waals surface area contributed by atoms with Crippen molar-refractivity contribution in [3.63, 3.8) is 0 Å². The second-order valence-electron chi connectivity index (χ2n) is 12.1. The fraction of sp³-hybridized carbons (Fsp3) is 0.414. The second-order valence-corrected chi connectivity index (χ2v) is 15.4. The van der Waals surface area contributed by atoms with Crippen LogP contribution in [0, 0.1) is 11.2 Å². The number of benzene rings is 2. The van der Waals surface area contributed by atoms with E-state index in [1.54, 1.807) is 6.07 Å². The van der Waals surface area contributed by atoms with E-state index in [-0.39, 0.29) is 59.2 Å². The van der Waals surface area contributed by atoms with Crippen LogP contribution in [0.3, 0.4) is 0 Å². The van der Waals surface area contributed by atoms with Gasteiger partial charge in [-0.2, -0.15) is 43.4 Å². The molecule has 2 aromatic carbocycles. The summed E-state index contributed by atoms with van der Waals surface area (Å²) in [5.74, 6) is -4.11. The van der Waals surface area contributed by atoms with E-state index < -0.39 is 55.6 Å². The first-order chi connectivity index (χ1) is 22.1. The number of aliphatic hydroxyl groups excluding tert-OH is 1. The molecule has 0 saturated carbocycles. The highest BCUT2D eigenvalue weighted by Gasteiger charge is 2.49. The van der Waals surface area contributed by atoms with Gasteiger partial charge in [-0.1, -0.05) is 51.1 Å². The maximum atomic E-state index is 13.8. The molecule has 0 aromatic heterocycles. The van der Waals surface area contributed by atoms with Crippen molar-refractivity contribution >= 4 is 37.8 Å². The molecule has 3 aliphatic heterocycles. The first kappa shape index (κ1) is 36.9. The van der Waals surface area contributed by atoms with Crippen LogP contribution in [0.25, 0.3) is 0 Å². The van der Waals surface area contributed by atoms with E-state index in [2.05, 4.69) is 14.4 Å². The fourth-order valence-electron chi connectivity index (χ4n) is 5.46. The van der Waals surface area contributed by atoms with Crippen molar-refractivity contribution in [1.29, 1.82) is 0 Å². The number of carboxylic acids is 1. The average Bonchev–Trinajstić information content (AvgIpc) is 3.41. The number of aliphatic carboxylic acids is 1. The second kappa shape index (κ2) is 13.5. The Hall–Kier alpha value is -3.91. The minimum atomic E-state index is -5.08. The Morgan fingerprint density at radius 3 is 2.21 bits per heavy atom. The van der Waals surface area contributed by atoms with Crippen LogP contribution in [0.15, 0.2) is 63.1 Å². The summed E-state index contributed by atoms with van der Waals surface area (Å²) in [4.78, 5) is 23.9. The molecule has 19 heteroatoms. The van der Waals surface area contributed by atoms with E-state index in [9.17, 15) is 44.3 Å². The van der Waals surface area contributed by atoms with Crippen molar-refractivity contribution in [2.75, 3.05) is 26.2 Å². The highest BCUT2D eigenvalue weighted by molar-refractivity contribution is 7.91. The minimum absolute atomic E-state index is 0.0509. The number of nitrogens with zero attached hydrogens (tertiary/aromatic N) is 3. The van der Waals surface area contributed by atoms with Gasteiger partial charge < -0.3 is 20.4 Å². The topological polar surface area (TPSA) is 186 Å². The number of piperazine rings is 1. The summed E-state index contributed by atoms with van der Waals surface area (Å²) in [5, 5.41) is 21.6. The van der Waals surface area contributed by atoms with E-state index >= 15 is 0 Å². The van der Waals surface area contributed by atoms with Gasteiger partial charge in [-0.05, 0) is 28.7 Å². The molecule has 0 bridgehead atoms. The smallest absolute Gasteiger partial charge is 0.490 e. The van der Waals surface area contributed by atoms with Crippen LogP contribution in [-0.4, -0.2) is 92.2 Å². The SMILES string of the molecule is CC(C)(C)[C@H]1C(O)=C(C2=NS(=O)(=O)c3c(CNS(=O)(=O)N4CCNCC4)cccc32)C(=O)N1Cc1ccc(F)cc1.O=C(O)C(F)(F)F. The maximum Gasteiger partial charge on any atom is 0.490 e. The third-order valence-electron chi connectivity index (χ3n) is 7.55. The number of hydrogen-bond donors (Lipinski definition) is 4. The van der Waals surface area contributed by atoms with Gasteiger partial charge in [-0.3, -0.25) is 4.79 Å². The number of halogens is 4. The quantitative estimate of drug-likeness (QED) is 0.312. The highest BCUT2D eigenvalue weighted by Crippen LogP contribution is 2.41. The molecule has 262 valence electrons. The molecule has 1 saturated heterocycles. The number of fused-ring (bicyclic) bond motifs is 1. The zero-order valence-electron chi connectivity index (χ0n) is 25.9. The van der Waals surface area contributed by atoms with E-state index in [1.807, 2.05) is 20.8 Å². The Balaban J connectivity index is 0.000000671. The lowest BCUT2D eigenvalue weighted by molar-refractivity contribution is -0.192. The Kier molecular flexibility index (Phi) is 10.4. The van der Waals surface area contributed by atoms with Gasteiger partial charge in [-0.15, -0.1) is 0 Å². The van der Waals surface area contributed by atoms with Gasteiger partial charge in [0.1, 0.15) is 27.8 Å². The number of amides is 1. The number of alkyl halides is 3. The molecule has 4 N–H and O–H groups in total. The molecular weight excluding hydrogens is 686 g/mol. The average molecular weight is 720 g/mol. The standard InChI is InChI=1S/C27H32FN5O6S2.C2HF3O2/c1-27(2,3)25-23(34)21(26(35)33(25)16-17-7-9-19(28)10-8-17)22-20-6-4-5-18(24(20)40(36,37)31-22)15-30-41(38,39)32-13-11-29-12-14-32;3-2(4,5)1(6)7/h4-10,25,29-30,34H,11-16H2,1-3H3;(H,6,7)/t25-;/m1./s1. The Morgan fingerprint density at radius 2 is 1.67 bits per heavy atom. The minimum Gasteiger partial charge on any atom is -0.509 e. The zero-order chi connectivity index (χ0) is 35.8. The molecule has 3 heterocycles.